The van der Waals surface area contributed by atoms with E-state index >= 15 is 0 Å². The number of carbonyl (C=O) groups excluding carboxylic acids is 1. The van der Waals surface area contributed by atoms with Gasteiger partial charge in [-0.25, -0.2) is 8.42 Å². The molecule has 0 aliphatic carbocycles. The van der Waals surface area contributed by atoms with Crippen molar-refractivity contribution >= 4 is 21.9 Å². The topological polar surface area (TPSA) is 78.2 Å². The van der Waals surface area contributed by atoms with Crippen LogP contribution in [-0.4, -0.2) is 31.6 Å². The van der Waals surface area contributed by atoms with Gasteiger partial charge in [0.1, 0.15) is 0 Å². The van der Waals surface area contributed by atoms with Crippen molar-refractivity contribution < 1.29 is 13.2 Å². The number of hydrogen-bond donors (Lipinski definition) is 0. The number of nitriles is 1. The molecule has 1 heterocycles. The van der Waals surface area contributed by atoms with Crippen molar-refractivity contribution in [3.63, 3.8) is 0 Å². The molecule has 132 valence electrons. The Morgan fingerprint density at radius 2 is 1.77 bits per heavy atom. The molecule has 0 atom stereocenters. The molecule has 1 aliphatic heterocycles. The molecule has 2 aromatic rings. The number of allylic oxidation sites excluding steroid dienone is 1. The third kappa shape index (κ3) is 3.90. The van der Waals surface area contributed by atoms with Gasteiger partial charge in [0.2, 0.25) is 10.0 Å². The van der Waals surface area contributed by atoms with Crippen LogP contribution in [0.25, 0.3) is 6.08 Å². The summed E-state index contributed by atoms with van der Waals surface area (Å²) >= 11 is 0. The molecule has 0 N–H and O–H groups in total. The lowest BCUT2D eigenvalue weighted by Crippen LogP contribution is -2.27. The third-order valence-corrected chi connectivity index (χ3v) is 6.20. The van der Waals surface area contributed by atoms with Crippen molar-refractivity contribution in [2.75, 3.05) is 13.1 Å². The molecule has 1 saturated heterocycles. The molecule has 0 amide bonds. The van der Waals surface area contributed by atoms with Gasteiger partial charge in [0, 0.05) is 18.7 Å². The van der Waals surface area contributed by atoms with Crippen LogP contribution in [0.2, 0.25) is 0 Å². The van der Waals surface area contributed by atoms with Crippen LogP contribution in [0.5, 0.6) is 0 Å². The minimum Gasteiger partial charge on any atom is -0.289 e. The SMILES string of the molecule is N#Cc1cccc(C=CC(=O)c2ccc(S(=O)(=O)N3CCCC3)cc2)c1. The summed E-state index contributed by atoms with van der Waals surface area (Å²) in [6.45, 7) is 1.10. The summed E-state index contributed by atoms with van der Waals surface area (Å²) in [5.74, 6) is -0.225. The standard InChI is InChI=1S/C20H18N2O3S/c21-15-17-5-3-4-16(14-17)6-11-20(23)18-7-9-19(10-8-18)26(24,25)22-12-1-2-13-22/h3-11,14H,1-2,12-13H2. The van der Waals surface area contributed by atoms with Crippen LogP contribution in [0.15, 0.2) is 59.5 Å². The molecule has 0 unspecified atom stereocenters. The first-order valence-corrected chi connectivity index (χ1v) is 9.77. The van der Waals surface area contributed by atoms with E-state index < -0.39 is 10.0 Å². The zero-order valence-corrected chi connectivity index (χ0v) is 14.9. The fraction of sp³-hybridized carbons (Fsp3) is 0.200. The normalized spacial score (nSPS) is 15.2. The maximum absolute atomic E-state index is 12.5. The fourth-order valence-electron chi connectivity index (χ4n) is 2.85. The van der Waals surface area contributed by atoms with Crippen LogP contribution in [0, 0.1) is 11.3 Å². The highest BCUT2D eigenvalue weighted by Gasteiger charge is 2.26. The number of hydrogen-bond acceptors (Lipinski definition) is 4. The van der Waals surface area contributed by atoms with E-state index in [-0.39, 0.29) is 10.7 Å². The summed E-state index contributed by atoms with van der Waals surface area (Å²) in [6.07, 6.45) is 4.82. The number of benzene rings is 2. The van der Waals surface area contributed by atoms with Gasteiger partial charge in [0.05, 0.1) is 16.5 Å². The summed E-state index contributed by atoms with van der Waals surface area (Å²) in [6, 6.07) is 15.0. The second-order valence-electron chi connectivity index (χ2n) is 6.07. The van der Waals surface area contributed by atoms with Crippen LogP contribution >= 0.6 is 0 Å². The number of ketones is 1. The summed E-state index contributed by atoms with van der Waals surface area (Å²) in [4.78, 5) is 12.5. The molecule has 0 bridgehead atoms. The maximum Gasteiger partial charge on any atom is 0.243 e. The lowest BCUT2D eigenvalue weighted by Gasteiger charge is -2.15. The summed E-state index contributed by atoms with van der Waals surface area (Å²) < 4.78 is 26.5. The molecule has 0 spiro atoms. The summed E-state index contributed by atoms with van der Waals surface area (Å²) in [7, 11) is -3.47. The number of nitrogens with zero attached hydrogens (tertiary/aromatic N) is 2. The lowest BCUT2D eigenvalue weighted by atomic mass is 10.1. The van der Waals surface area contributed by atoms with E-state index in [0.29, 0.717) is 24.2 Å². The Hall–Kier alpha value is -2.75. The number of rotatable bonds is 5. The van der Waals surface area contributed by atoms with Gasteiger partial charge in [-0.3, -0.25) is 4.79 Å². The zero-order valence-electron chi connectivity index (χ0n) is 14.1. The predicted octanol–water partition coefficient (Wildman–Crippen LogP) is 3.24. The van der Waals surface area contributed by atoms with E-state index in [2.05, 4.69) is 6.07 Å². The smallest absolute Gasteiger partial charge is 0.243 e. The van der Waals surface area contributed by atoms with Crippen LogP contribution in [-0.2, 0) is 10.0 Å². The van der Waals surface area contributed by atoms with Gasteiger partial charge >= 0.3 is 0 Å². The molecular formula is C20H18N2O3S. The Morgan fingerprint density at radius 1 is 1.08 bits per heavy atom. The molecule has 0 aromatic heterocycles. The van der Waals surface area contributed by atoms with Gasteiger partial charge in [0.25, 0.3) is 0 Å². The second-order valence-corrected chi connectivity index (χ2v) is 8.01. The average molecular weight is 366 g/mol. The molecule has 1 aliphatic rings. The van der Waals surface area contributed by atoms with Crippen molar-refractivity contribution in [1.82, 2.24) is 4.31 Å². The molecule has 0 radical (unpaired) electrons. The fourth-order valence-corrected chi connectivity index (χ4v) is 4.37. The maximum atomic E-state index is 12.5. The highest BCUT2D eigenvalue weighted by molar-refractivity contribution is 7.89. The van der Waals surface area contributed by atoms with Crippen molar-refractivity contribution in [3.8, 4) is 6.07 Å². The molecule has 26 heavy (non-hydrogen) atoms. The Morgan fingerprint density at radius 3 is 2.42 bits per heavy atom. The summed E-state index contributed by atoms with van der Waals surface area (Å²) in [5.41, 5.74) is 1.69. The van der Waals surface area contributed by atoms with Crippen LogP contribution < -0.4 is 0 Å². The average Bonchev–Trinajstić information content (AvgIpc) is 3.22. The van der Waals surface area contributed by atoms with Crippen LogP contribution in [0.3, 0.4) is 0 Å². The predicted molar refractivity (Wildman–Crippen MR) is 99.0 cm³/mol. The first-order valence-electron chi connectivity index (χ1n) is 8.33. The number of sulfonamides is 1. The van der Waals surface area contributed by atoms with Gasteiger partial charge in [-0.1, -0.05) is 18.2 Å². The zero-order chi connectivity index (χ0) is 18.6. The second kappa shape index (κ2) is 7.65. The van der Waals surface area contributed by atoms with Gasteiger partial charge in [-0.05, 0) is 60.9 Å². The third-order valence-electron chi connectivity index (χ3n) is 4.28. The van der Waals surface area contributed by atoms with E-state index in [9.17, 15) is 13.2 Å². The molecule has 5 nitrogen and oxygen atoms in total. The van der Waals surface area contributed by atoms with E-state index in [0.717, 1.165) is 18.4 Å². The highest BCUT2D eigenvalue weighted by Crippen LogP contribution is 2.21. The molecule has 3 rings (SSSR count). The van der Waals surface area contributed by atoms with Gasteiger partial charge in [-0.2, -0.15) is 9.57 Å². The molecule has 6 heteroatoms. The largest absolute Gasteiger partial charge is 0.289 e. The van der Waals surface area contributed by atoms with Gasteiger partial charge in [0.15, 0.2) is 5.78 Å². The highest BCUT2D eigenvalue weighted by atomic mass is 32.2. The molecule has 0 saturated carbocycles. The molecule has 1 fully saturated rings. The van der Waals surface area contributed by atoms with Gasteiger partial charge < -0.3 is 0 Å². The van der Waals surface area contributed by atoms with E-state index in [1.807, 2.05) is 0 Å². The van der Waals surface area contributed by atoms with Crippen LogP contribution in [0.1, 0.15) is 34.3 Å². The lowest BCUT2D eigenvalue weighted by molar-refractivity contribution is 0.104. The Labute approximate surface area is 153 Å². The Kier molecular flexibility index (Phi) is 5.31. The van der Waals surface area contributed by atoms with Crippen LogP contribution in [0.4, 0.5) is 0 Å². The minimum atomic E-state index is -3.47. The Bertz CT molecular complexity index is 980. The van der Waals surface area contributed by atoms with Crippen molar-refractivity contribution in [3.05, 3.63) is 71.3 Å². The van der Waals surface area contributed by atoms with Crippen molar-refractivity contribution in [1.29, 1.82) is 5.26 Å². The Balaban J connectivity index is 1.74. The minimum absolute atomic E-state index is 0.210. The monoisotopic (exact) mass is 366 g/mol. The van der Waals surface area contributed by atoms with Crippen molar-refractivity contribution in [2.45, 2.75) is 17.7 Å². The van der Waals surface area contributed by atoms with E-state index in [1.165, 1.54) is 34.6 Å². The number of carbonyl (C=O) groups is 1. The van der Waals surface area contributed by atoms with Crippen molar-refractivity contribution in [2.24, 2.45) is 0 Å². The first kappa shape index (κ1) is 18.1. The summed E-state index contributed by atoms with van der Waals surface area (Å²) in [5, 5.41) is 8.89. The van der Waals surface area contributed by atoms with E-state index in [4.69, 9.17) is 5.26 Å². The molecular weight excluding hydrogens is 348 g/mol. The quantitative estimate of drug-likeness (QED) is 0.601. The molecule has 2 aromatic carbocycles. The first-order chi connectivity index (χ1) is 12.5. The van der Waals surface area contributed by atoms with Gasteiger partial charge in [-0.15, -0.1) is 0 Å². The van der Waals surface area contributed by atoms with E-state index in [1.54, 1.807) is 30.3 Å².